The van der Waals surface area contributed by atoms with Crippen molar-refractivity contribution in [3.05, 3.63) is 60.8 Å². The fourth-order valence-electron chi connectivity index (χ4n) is 9.72. The van der Waals surface area contributed by atoms with E-state index in [1.165, 1.54) is 225 Å². The highest BCUT2D eigenvalue weighted by molar-refractivity contribution is 5.71. The molecule has 0 saturated carbocycles. The van der Waals surface area contributed by atoms with Crippen LogP contribution in [0.2, 0.25) is 0 Å². The fourth-order valence-corrected chi connectivity index (χ4v) is 9.72. The van der Waals surface area contributed by atoms with Crippen LogP contribution >= 0.6 is 0 Å². The van der Waals surface area contributed by atoms with Crippen molar-refractivity contribution in [2.24, 2.45) is 0 Å². The highest BCUT2D eigenvalue weighted by Gasteiger charge is 2.19. The van der Waals surface area contributed by atoms with Crippen LogP contribution in [0.1, 0.15) is 348 Å². The van der Waals surface area contributed by atoms with E-state index in [1.54, 1.807) is 0 Å². The Balaban J connectivity index is 4.29. The van der Waals surface area contributed by atoms with Gasteiger partial charge < -0.3 is 14.2 Å². The van der Waals surface area contributed by atoms with Gasteiger partial charge in [0.25, 0.3) is 0 Å². The Kier molecular flexibility index (Phi) is 62.2. The highest BCUT2D eigenvalue weighted by atomic mass is 16.6. The summed E-state index contributed by atoms with van der Waals surface area (Å²) < 4.78 is 16.9. The first kappa shape index (κ1) is 73.1. The van der Waals surface area contributed by atoms with E-state index in [0.29, 0.717) is 19.3 Å². The van der Waals surface area contributed by atoms with Gasteiger partial charge in [-0.25, -0.2) is 0 Å². The van der Waals surface area contributed by atoms with Crippen molar-refractivity contribution < 1.29 is 28.6 Å². The minimum Gasteiger partial charge on any atom is -0.462 e. The summed E-state index contributed by atoms with van der Waals surface area (Å²) in [4.78, 5) is 38.3. The monoisotopic (exact) mass is 1060 g/mol. The molecule has 0 heterocycles. The lowest BCUT2D eigenvalue weighted by Gasteiger charge is -2.18. The van der Waals surface area contributed by atoms with Crippen molar-refractivity contribution in [1.29, 1.82) is 0 Å². The molecule has 0 aliphatic carbocycles. The van der Waals surface area contributed by atoms with E-state index in [-0.39, 0.29) is 31.1 Å². The topological polar surface area (TPSA) is 78.9 Å². The smallest absolute Gasteiger partial charge is 0.306 e. The average molecular weight is 1060 g/mol. The van der Waals surface area contributed by atoms with Crippen molar-refractivity contribution in [1.82, 2.24) is 0 Å². The lowest BCUT2D eigenvalue weighted by atomic mass is 10.0. The Labute approximate surface area is 472 Å². The quantitative estimate of drug-likeness (QED) is 0.0261. The van der Waals surface area contributed by atoms with Crippen LogP contribution in [0.25, 0.3) is 0 Å². The summed E-state index contributed by atoms with van der Waals surface area (Å²) in [5.74, 6) is -0.865. The average Bonchev–Trinajstić information content (AvgIpc) is 3.42. The molecule has 0 aromatic carbocycles. The van der Waals surface area contributed by atoms with Gasteiger partial charge in [0.1, 0.15) is 13.2 Å². The zero-order chi connectivity index (χ0) is 55.0. The summed E-state index contributed by atoms with van der Waals surface area (Å²) in [6, 6.07) is 0. The number of rotatable bonds is 61. The standard InChI is InChI=1S/C70H126O6/c1-4-7-10-13-16-19-22-25-27-29-31-33-35-37-39-41-43-45-48-51-54-57-60-63-69(72)75-66-67(65-74-68(71)62-59-56-53-50-47-24-21-18-15-12-9-6-3)76-70(73)64-61-58-55-52-49-46-44-42-40-38-36-34-32-30-28-26-23-20-17-14-11-8-5-2/h22-23,25-26,29-32,35,37,67H,4-21,24,27-28,33-34,36,38-66H2,1-3H3/b25-22-,26-23-,31-29-,32-30-,37-35-. The molecule has 0 aliphatic rings. The van der Waals surface area contributed by atoms with Crippen LogP contribution in [0.5, 0.6) is 0 Å². The van der Waals surface area contributed by atoms with Crippen molar-refractivity contribution >= 4 is 17.9 Å². The number of hydrogen-bond acceptors (Lipinski definition) is 6. The Bertz CT molecular complexity index is 1360. The third kappa shape index (κ3) is 62.0. The highest BCUT2D eigenvalue weighted by Crippen LogP contribution is 2.17. The largest absolute Gasteiger partial charge is 0.462 e. The van der Waals surface area contributed by atoms with Gasteiger partial charge in [0.15, 0.2) is 6.10 Å². The molecule has 442 valence electrons. The van der Waals surface area contributed by atoms with Gasteiger partial charge in [-0.3, -0.25) is 14.4 Å². The van der Waals surface area contributed by atoms with Gasteiger partial charge in [-0.15, -0.1) is 0 Å². The van der Waals surface area contributed by atoms with Gasteiger partial charge in [-0.2, -0.15) is 0 Å². The third-order valence-electron chi connectivity index (χ3n) is 14.7. The van der Waals surface area contributed by atoms with E-state index in [0.717, 1.165) is 83.5 Å². The van der Waals surface area contributed by atoms with Crippen LogP contribution in [0.4, 0.5) is 0 Å². The van der Waals surface area contributed by atoms with Crippen molar-refractivity contribution in [3.8, 4) is 0 Å². The number of carbonyl (C=O) groups excluding carboxylic acids is 3. The molecule has 1 unspecified atom stereocenters. The second-order valence-corrected chi connectivity index (χ2v) is 22.4. The number of unbranched alkanes of at least 4 members (excludes halogenated alkanes) is 40. The Morgan fingerprint density at radius 2 is 0.474 bits per heavy atom. The number of ether oxygens (including phenoxy) is 3. The first-order chi connectivity index (χ1) is 37.5. The number of carbonyl (C=O) groups is 3. The molecule has 0 aromatic rings. The van der Waals surface area contributed by atoms with Crippen LogP contribution in [-0.2, 0) is 28.6 Å². The second kappa shape index (κ2) is 64.6. The fraction of sp³-hybridized carbons (Fsp3) is 0.814. The van der Waals surface area contributed by atoms with Gasteiger partial charge in [0, 0.05) is 19.3 Å². The first-order valence-corrected chi connectivity index (χ1v) is 33.3. The Morgan fingerprint density at radius 1 is 0.263 bits per heavy atom. The first-order valence-electron chi connectivity index (χ1n) is 33.3. The molecule has 0 fully saturated rings. The van der Waals surface area contributed by atoms with Crippen LogP contribution < -0.4 is 0 Å². The summed E-state index contributed by atoms with van der Waals surface area (Å²) in [7, 11) is 0. The SMILES string of the molecule is CCCCCCC/C=C\C/C=C\C/C=C\CCCCCCCCCCC(=O)OCC(COC(=O)CCCCCCCCCCCCCC)OC(=O)CCCCCCCCCCCCC/C=C\C/C=C\CCCCCCC. The number of allylic oxidation sites excluding steroid dienone is 10. The molecular weight excluding hydrogens is 937 g/mol. The maximum Gasteiger partial charge on any atom is 0.306 e. The van der Waals surface area contributed by atoms with Gasteiger partial charge in [0.05, 0.1) is 0 Å². The summed E-state index contributed by atoms with van der Waals surface area (Å²) in [6.45, 7) is 6.65. The number of esters is 3. The van der Waals surface area contributed by atoms with Crippen molar-refractivity contribution in [2.75, 3.05) is 13.2 Å². The molecule has 6 nitrogen and oxygen atoms in total. The van der Waals surface area contributed by atoms with E-state index in [1.807, 2.05) is 0 Å². The van der Waals surface area contributed by atoms with Crippen LogP contribution in [0.15, 0.2) is 60.8 Å². The third-order valence-corrected chi connectivity index (χ3v) is 14.7. The van der Waals surface area contributed by atoms with Gasteiger partial charge in [-0.1, -0.05) is 300 Å². The lowest BCUT2D eigenvalue weighted by molar-refractivity contribution is -0.167. The molecular formula is C70H126O6. The normalized spacial score (nSPS) is 12.4. The summed E-state index contributed by atoms with van der Waals surface area (Å²) in [6.07, 6.45) is 82.3. The zero-order valence-electron chi connectivity index (χ0n) is 50.8. The Morgan fingerprint density at radius 3 is 0.737 bits per heavy atom. The minimum atomic E-state index is -0.778. The molecule has 76 heavy (non-hydrogen) atoms. The molecule has 0 radical (unpaired) electrons. The number of hydrogen-bond donors (Lipinski definition) is 0. The van der Waals surface area contributed by atoms with Crippen LogP contribution in [0.3, 0.4) is 0 Å². The summed E-state index contributed by atoms with van der Waals surface area (Å²) >= 11 is 0. The molecule has 0 saturated heterocycles. The molecule has 0 amide bonds. The minimum absolute atomic E-state index is 0.0740. The second-order valence-electron chi connectivity index (χ2n) is 22.4. The maximum atomic E-state index is 12.9. The van der Waals surface area contributed by atoms with E-state index >= 15 is 0 Å². The molecule has 0 aromatic heterocycles. The molecule has 0 bridgehead atoms. The Hall–Kier alpha value is -2.89. The summed E-state index contributed by atoms with van der Waals surface area (Å²) in [5, 5.41) is 0. The van der Waals surface area contributed by atoms with Crippen molar-refractivity contribution in [3.63, 3.8) is 0 Å². The van der Waals surface area contributed by atoms with Crippen molar-refractivity contribution in [2.45, 2.75) is 354 Å². The zero-order valence-corrected chi connectivity index (χ0v) is 50.8. The predicted molar refractivity (Wildman–Crippen MR) is 330 cm³/mol. The van der Waals surface area contributed by atoms with E-state index in [2.05, 4.69) is 81.5 Å². The summed E-state index contributed by atoms with van der Waals surface area (Å²) in [5.41, 5.74) is 0. The molecule has 6 heteroatoms. The van der Waals surface area contributed by atoms with Gasteiger partial charge in [-0.05, 0) is 89.9 Å². The van der Waals surface area contributed by atoms with Gasteiger partial charge in [0.2, 0.25) is 0 Å². The maximum absolute atomic E-state index is 12.9. The van der Waals surface area contributed by atoms with E-state index in [4.69, 9.17) is 14.2 Å². The molecule has 0 aliphatic heterocycles. The lowest BCUT2D eigenvalue weighted by Crippen LogP contribution is -2.30. The van der Waals surface area contributed by atoms with E-state index in [9.17, 15) is 14.4 Å². The molecule has 0 spiro atoms. The van der Waals surface area contributed by atoms with Crippen LogP contribution in [-0.4, -0.2) is 37.2 Å². The molecule has 1 atom stereocenters. The van der Waals surface area contributed by atoms with Crippen LogP contribution in [0, 0.1) is 0 Å². The molecule has 0 rings (SSSR count). The predicted octanol–water partition coefficient (Wildman–Crippen LogP) is 22.7. The van der Waals surface area contributed by atoms with Gasteiger partial charge >= 0.3 is 17.9 Å². The molecule has 0 N–H and O–H groups in total. The van der Waals surface area contributed by atoms with E-state index < -0.39 is 6.10 Å².